The molecule has 26 heavy (non-hydrogen) atoms. The molecule has 1 aromatic carbocycles. The van der Waals surface area contributed by atoms with Gasteiger partial charge in [-0.2, -0.15) is 0 Å². The predicted octanol–water partition coefficient (Wildman–Crippen LogP) is 4.32. The Balaban J connectivity index is 1.83. The molecule has 0 aliphatic rings. The summed E-state index contributed by atoms with van der Waals surface area (Å²) in [7, 11) is 0. The summed E-state index contributed by atoms with van der Waals surface area (Å²) in [6.07, 6.45) is 0. The number of aromatic nitrogens is 2. The molecule has 2 amide bonds. The van der Waals surface area contributed by atoms with E-state index in [1.165, 1.54) is 29.6 Å². The highest BCUT2D eigenvalue weighted by Crippen LogP contribution is 2.30. The van der Waals surface area contributed by atoms with E-state index in [9.17, 15) is 9.59 Å². The minimum absolute atomic E-state index is 0.0782. The van der Waals surface area contributed by atoms with Crippen LogP contribution >= 0.6 is 22.7 Å². The number of nitrogens with zero attached hydrogens (tertiary/aromatic N) is 3. The Kier molecular flexibility index (Phi) is 5.33. The van der Waals surface area contributed by atoms with Crippen molar-refractivity contribution in [2.45, 2.75) is 27.7 Å². The van der Waals surface area contributed by atoms with E-state index < -0.39 is 0 Å². The van der Waals surface area contributed by atoms with Crippen LogP contribution in [0.2, 0.25) is 0 Å². The van der Waals surface area contributed by atoms with E-state index in [4.69, 9.17) is 0 Å². The molecule has 6 nitrogen and oxygen atoms in total. The van der Waals surface area contributed by atoms with E-state index in [1.807, 2.05) is 38.1 Å². The highest BCUT2D eigenvalue weighted by Gasteiger charge is 2.22. The number of rotatable bonds is 5. The zero-order valence-electron chi connectivity index (χ0n) is 15.1. The number of nitrogens with one attached hydrogen (secondary N) is 1. The Bertz CT molecular complexity index is 928. The SMILES string of the molecule is CC(=O)N(CC(C)C)c1nc(C)c(C(=O)Nc2nc3ccccc3s2)s1. The van der Waals surface area contributed by atoms with Gasteiger partial charge in [-0.1, -0.05) is 48.7 Å². The minimum Gasteiger partial charge on any atom is -0.297 e. The Morgan fingerprint density at radius 1 is 1.19 bits per heavy atom. The van der Waals surface area contributed by atoms with Gasteiger partial charge in [0, 0.05) is 13.5 Å². The molecule has 0 radical (unpaired) electrons. The van der Waals surface area contributed by atoms with Gasteiger partial charge in [-0.15, -0.1) is 0 Å². The quantitative estimate of drug-likeness (QED) is 0.706. The summed E-state index contributed by atoms with van der Waals surface area (Å²) in [5.74, 6) is -0.0212. The summed E-state index contributed by atoms with van der Waals surface area (Å²) < 4.78 is 1.02. The first-order valence-electron chi connectivity index (χ1n) is 8.27. The third-order valence-electron chi connectivity index (χ3n) is 3.66. The maximum Gasteiger partial charge on any atom is 0.269 e. The topological polar surface area (TPSA) is 75.2 Å². The van der Waals surface area contributed by atoms with Gasteiger partial charge in [0.05, 0.1) is 15.9 Å². The van der Waals surface area contributed by atoms with Gasteiger partial charge in [0.2, 0.25) is 5.91 Å². The number of para-hydroxylation sites is 1. The van der Waals surface area contributed by atoms with Crippen molar-refractivity contribution in [2.75, 3.05) is 16.8 Å². The molecule has 2 aromatic heterocycles. The lowest BCUT2D eigenvalue weighted by atomic mass is 10.2. The molecule has 0 atom stereocenters. The number of amides is 2. The van der Waals surface area contributed by atoms with Crippen LogP contribution in [0, 0.1) is 12.8 Å². The van der Waals surface area contributed by atoms with Crippen LogP contribution < -0.4 is 10.2 Å². The number of thiazole rings is 2. The molecule has 0 saturated carbocycles. The van der Waals surface area contributed by atoms with Crippen LogP contribution in [0.1, 0.15) is 36.1 Å². The number of aryl methyl sites for hydroxylation is 1. The molecule has 0 aliphatic heterocycles. The molecular weight excluding hydrogens is 368 g/mol. The van der Waals surface area contributed by atoms with Crippen molar-refractivity contribution in [3.63, 3.8) is 0 Å². The molecule has 0 saturated heterocycles. The maximum atomic E-state index is 12.7. The standard InChI is InChI=1S/C18H20N4O2S2/c1-10(2)9-22(12(4)23)18-19-11(3)15(26-18)16(24)21-17-20-13-7-5-6-8-14(13)25-17/h5-8,10H,9H2,1-4H3,(H,20,21,24). The fraction of sp³-hybridized carbons (Fsp3) is 0.333. The zero-order valence-corrected chi connectivity index (χ0v) is 16.7. The third kappa shape index (κ3) is 3.91. The Morgan fingerprint density at radius 2 is 1.92 bits per heavy atom. The molecule has 3 aromatic rings. The van der Waals surface area contributed by atoms with Crippen molar-refractivity contribution in [1.82, 2.24) is 9.97 Å². The number of benzene rings is 1. The monoisotopic (exact) mass is 388 g/mol. The number of fused-ring (bicyclic) bond motifs is 1. The smallest absolute Gasteiger partial charge is 0.269 e. The normalized spacial score (nSPS) is 11.1. The highest BCUT2D eigenvalue weighted by atomic mass is 32.1. The van der Waals surface area contributed by atoms with Crippen molar-refractivity contribution >= 4 is 55.0 Å². The van der Waals surface area contributed by atoms with Gasteiger partial charge in [-0.3, -0.25) is 19.8 Å². The lowest BCUT2D eigenvalue weighted by molar-refractivity contribution is -0.116. The summed E-state index contributed by atoms with van der Waals surface area (Å²) >= 11 is 2.66. The van der Waals surface area contributed by atoms with E-state index in [2.05, 4.69) is 15.3 Å². The lowest BCUT2D eigenvalue weighted by Crippen LogP contribution is -2.32. The molecule has 2 heterocycles. The summed E-state index contributed by atoms with van der Waals surface area (Å²) in [6.45, 7) is 7.94. The summed E-state index contributed by atoms with van der Waals surface area (Å²) in [5, 5.41) is 3.95. The molecule has 3 rings (SSSR count). The average molecular weight is 389 g/mol. The predicted molar refractivity (Wildman–Crippen MR) is 107 cm³/mol. The van der Waals surface area contributed by atoms with Crippen LogP contribution in [-0.2, 0) is 4.79 Å². The molecule has 1 N–H and O–H groups in total. The van der Waals surface area contributed by atoms with Gasteiger partial charge < -0.3 is 0 Å². The van der Waals surface area contributed by atoms with Gasteiger partial charge in [-0.25, -0.2) is 9.97 Å². The molecule has 0 bridgehead atoms. The van der Waals surface area contributed by atoms with Gasteiger partial charge >= 0.3 is 0 Å². The number of carbonyl (C=O) groups excluding carboxylic acids is 2. The summed E-state index contributed by atoms with van der Waals surface area (Å²) in [4.78, 5) is 35.6. The molecule has 136 valence electrons. The van der Waals surface area contributed by atoms with E-state index >= 15 is 0 Å². The summed E-state index contributed by atoms with van der Waals surface area (Å²) in [6, 6.07) is 7.73. The van der Waals surface area contributed by atoms with Crippen molar-refractivity contribution in [3.05, 3.63) is 34.8 Å². The van der Waals surface area contributed by atoms with Gasteiger partial charge in [-0.05, 0) is 25.0 Å². The molecular formula is C18H20N4O2S2. The van der Waals surface area contributed by atoms with E-state index in [0.717, 1.165) is 10.2 Å². The van der Waals surface area contributed by atoms with Gasteiger partial charge in [0.15, 0.2) is 10.3 Å². The van der Waals surface area contributed by atoms with Crippen molar-refractivity contribution in [1.29, 1.82) is 0 Å². The highest BCUT2D eigenvalue weighted by molar-refractivity contribution is 7.22. The largest absolute Gasteiger partial charge is 0.297 e. The van der Waals surface area contributed by atoms with Crippen LogP contribution in [-0.4, -0.2) is 28.3 Å². The summed E-state index contributed by atoms with van der Waals surface area (Å²) in [5.41, 5.74) is 1.47. The van der Waals surface area contributed by atoms with Crippen LogP contribution in [0.3, 0.4) is 0 Å². The molecule has 8 heteroatoms. The van der Waals surface area contributed by atoms with Gasteiger partial charge in [0.25, 0.3) is 5.91 Å². The van der Waals surface area contributed by atoms with Gasteiger partial charge in [0.1, 0.15) is 4.88 Å². The maximum absolute atomic E-state index is 12.7. The second-order valence-corrected chi connectivity index (χ2v) is 8.38. The lowest BCUT2D eigenvalue weighted by Gasteiger charge is -2.19. The van der Waals surface area contributed by atoms with Crippen LogP contribution in [0.4, 0.5) is 10.3 Å². The Morgan fingerprint density at radius 3 is 2.58 bits per heavy atom. The fourth-order valence-corrected chi connectivity index (χ4v) is 4.37. The van der Waals surface area contributed by atoms with E-state index in [0.29, 0.717) is 33.3 Å². The number of anilines is 2. The minimum atomic E-state index is -0.252. The Hall–Kier alpha value is -2.32. The molecule has 0 unspecified atom stereocenters. The van der Waals surface area contributed by atoms with Crippen molar-refractivity contribution in [3.8, 4) is 0 Å². The second-order valence-electron chi connectivity index (χ2n) is 6.38. The van der Waals surface area contributed by atoms with Crippen LogP contribution in [0.5, 0.6) is 0 Å². The first-order valence-corrected chi connectivity index (χ1v) is 9.91. The average Bonchev–Trinajstić information content (AvgIpc) is 3.14. The first kappa shape index (κ1) is 18.5. The molecule has 0 aliphatic carbocycles. The molecule has 0 fully saturated rings. The van der Waals surface area contributed by atoms with Crippen LogP contribution in [0.25, 0.3) is 10.2 Å². The number of hydrogen-bond acceptors (Lipinski definition) is 6. The van der Waals surface area contributed by atoms with Crippen molar-refractivity contribution in [2.24, 2.45) is 5.92 Å². The Labute approximate surface area is 159 Å². The third-order valence-corrected chi connectivity index (χ3v) is 5.80. The van der Waals surface area contributed by atoms with E-state index in [-0.39, 0.29) is 11.8 Å². The molecule has 0 spiro atoms. The number of carbonyl (C=O) groups is 2. The second kappa shape index (κ2) is 7.51. The number of hydrogen-bond donors (Lipinski definition) is 1. The van der Waals surface area contributed by atoms with Crippen molar-refractivity contribution < 1.29 is 9.59 Å². The van der Waals surface area contributed by atoms with Crippen LogP contribution in [0.15, 0.2) is 24.3 Å². The van der Waals surface area contributed by atoms with E-state index in [1.54, 1.807) is 11.8 Å². The zero-order chi connectivity index (χ0) is 18.8. The first-order chi connectivity index (χ1) is 12.3. The fourth-order valence-electron chi connectivity index (χ4n) is 2.49.